The van der Waals surface area contributed by atoms with E-state index in [9.17, 15) is 4.79 Å². The Morgan fingerprint density at radius 3 is 2.68 bits per heavy atom. The molecule has 2 aromatic rings. The highest BCUT2D eigenvalue weighted by atomic mass is 35.5. The minimum Gasteiger partial charge on any atom is -0.350 e. The van der Waals surface area contributed by atoms with Gasteiger partial charge in [-0.2, -0.15) is 0 Å². The molecular weight excluding hydrogens is 285 g/mol. The van der Waals surface area contributed by atoms with Crippen molar-refractivity contribution in [2.24, 2.45) is 0 Å². The molecule has 0 aliphatic carbocycles. The maximum Gasteiger partial charge on any atom is 0.271 e. The highest BCUT2D eigenvalue weighted by Crippen LogP contribution is 2.10. The van der Waals surface area contributed by atoms with Crippen LogP contribution in [0.2, 0.25) is 10.2 Å². The van der Waals surface area contributed by atoms with Crippen LogP contribution in [0.3, 0.4) is 0 Å². The summed E-state index contributed by atoms with van der Waals surface area (Å²) in [5.74, 6) is -0.272. The first kappa shape index (κ1) is 13.8. The summed E-state index contributed by atoms with van der Waals surface area (Å²) in [5.41, 5.74) is 1.31. The number of aromatic nitrogens is 2. The molecule has 1 aromatic heterocycles. The molecule has 4 nitrogen and oxygen atoms in total. The molecule has 1 N–H and O–H groups in total. The average molecular weight is 296 g/mol. The van der Waals surface area contributed by atoms with Crippen molar-refractivity contribution in [1.82, 2.24) is 15.5 Å². The quantitative estimate of drug-likeness (QED) is 0.944. The van der Waals surface area contributed by atoms with Gasteiger partial charge in [-0.15, -0.1) is 10.2 Å². The summed E-state index contributed by atoms with van der Waals surface area (Å²) >= 11 is 11.5. The molecule has 98 valence electrons. The minimum absolute atomic E-state index is 0.246. The van der Waals surface area contributed by atoms with Crippen molar-refractivity contribution in [3.8, 4) is 0 Å². The summed E-state index contributed by atoms with van der Waals surface area (Å²) in [6.45, 7) is 0.503. The van der Waals surface area contributed by atoms with E-state index in [1.165, 1.54) is 12.1 Å². The molecule has 1 heterocycles. The van der Waals surface area contributed by atoms with Crippen molar-refractivity contribution in [2.45, 2.75) is 6.42 Å². The van der Waals surface area contributed by atoms with Crippen molar-refractivity contribution >= 4 is 29.1 Å². The van der Waals surface area contributed by atoms with Crippen molar-refractivity contribution in [2.75, 3.05) is 6.54 Å². The van der Waals surface area contributed by atoms with E-state index in [1.807, 2.05) is 24.3 Å². The van der Waals surface area contributed by atoms with Crippen LogP contribution in [0.1, 0.15) is 16.1 Å². The number of hydrogen-bond acceptors (Lipinski definition) is 3. The van der Waals surface area contributed by atoms with Crippen LogP contribution in [0, 0.1) is 0 Å². The molecule has 0 aliphatic rings. The first-order valence-corrected chi connectivity index (χ1v) is 6.42. The third-order valence-corrected chi connectivity index (χ3v) is 2.89. The van der Waals surface area contributed by atoms with Gasteiger partial charge in [0.2, 0.25) is 0 Å². The van der Waals surface area contributed by atoms with Crippen molar-refractivity contribution < 1.29 is 4.79 Å². The van der Waals surface area contributed by atoms with Gasteiger partial charge in [-0.05, 0) is 36.2 Å². The van der Waals surface area contributed by atoms with Crippen LogP contribution in [0.25, 0.3) is 0 Å². The number of hydrogen-bond donors (Lipinski definition) is 1. The number of halogens is 2. The van der Waals surface area contributed by atoms with E-state index >= 15 is 0 Å². The zero-order chi connectivity index (χ0) is 13.7. The fourth-order valence-electron chi connectivity index (χ4n) is 1.54. The van der Waals surface area contributed by atoms with Gasteiger partial charge in [-0.3, -0.25) is 4.79 Å². The van der Waals surface area contributed by atoms with Gasteiger partial charge in [-0.1, -0.05) is 35.3 Å². The van der Waals surface area contributed by atoms with Crippen LogP contribution in [0.4, 0.5) is 0 Å². The molecule has 1 aromatic carbocycles. The maximum atomic E-state index is 11.7. The van der Waals surface area contributed by atoms with E-state index in [0.717, 1.165) is 5.56 Å². The summed E-state index contributed by atoms with van der Waals surface area (Å²) in [5, 5.41) is 11.0. The average Bonchev–Trinajstić information content (AvgIpc) is 2.39. The van der Waals surface area contributed by atoms with E-state index in [4.69, 9.17) is 23.2 Å². The first-order chi connectivity index (χ1) is 9.15. The molecule has 6 heteroatoms. The lowest BCUT2D eigenvalue weighted by molar-refractivity contribution is 0.0948. The Morgan fingerprint density at radius 1 is 1.16 bits per heavy atom. The van der Waals surface area contributed by atoms with Gasteiger partial charge in [0.1, 0.15) is 0 Å². The molecule has 0 atom stereocenters. The van der Waals surface area contributed by atoms with Gasteiger partial charge in [0.25, 0.3) is 5.91 Å². The van der Waals surface area contributed by atoms with Crippen LogP contribution < -0.4 is 5.32 Å². The second-order valence-electron chi connectivity index (χ2n) is 3.88. The predicted molar refractivity (Wildman–Crippen MR) is 74.5 cm³/mol. The number of nitrogens with zero attached hydrogens (tertiary/aromatic N) is 2. The normalized spacial score (nSPS) is 10.2. The lowest BCUT2D eigenvalue weighted by Gasteiger charge is -2.04. The third kappa shape index (κ3) is 4.19. The van der Waals surface area contributed by atoms with Gasteiger partial charge in [0.05, 0.1) is 0 Å². The largest absolute Gasteiger partial charge is 0.350 e. The lowest BCUT2D eigenvalue weighted by Crippen LogP contribution is -2.26. The Hall–Kier alpha value is -1.65. The molecule has 0 spiro atoms. The molecular formula is C13H11Cl2N3O. The second kappa shape index (κ2) is 6.50. The molecule has 0 aliphatic heterocycles. The smallest absolute Gasteiger partial charge is 0.271 e. The van der Waals surface area contributed by atoms with Crippen molar-refractivity contribution in [3.63, 3.8) is 0 Å². The van der Waals surface area contributed by atoms with Crippen LogP contribution >= 0.6 is 23.2 Å². The number of nitrogens with one attached hydrogen (secondary N) is 1. The molecule has 0 unspecified atom stereocenters. The summed E-state index contributed by atoms with van der Waals surface area (Å²) in [6, 6.07) is 10.6. The van der Waals surface area contributed by atoms with Crippen LogP contribution in [0.15, 0.2) is 36.4 Å². The standard InChI is InChI=1S/C13H11Cl2N3O/c14-10-3-1-2-9(8-10)6-7-16-13(19)11-4-5-12(15)18-17-11/h1-5,8H,6-7H2,(H,16,19). The number of carbonyl (C=O) groups excluding carboxylic acids is 1. The van der Waals surface area contributed by atoms with Crippen molar-refractivity contribution in [1.29, 1.82) is 0 Å². The molecule has 0 radical (unpaired) electrons. The topological polar surface area (TPSA) is 54.9 Å². The summed E-state index contributed by atoms with van der Waals surface area (Å²) in [6.07, 6.45) is 0.702. The second-order valence-corrected chi connectivity index (χ2v) is 4.70. The van der Waals surface area contributed by atoms with Gasteiger partial charge >= 0.3 is 0 Å². The zero-order valence-electron chi connectivity index (χ0n) is 9.94. The Bertz CT molecular complexity index is 572. The van der Waals surface area contributed by atoms with Crippen LogP contribution in [-0.4, -0.2) is 22.6 Å². The van der Waals surface area contributed by atoms with E-state index in [0.29, 0.717) is 18.0 Å². The fraction of sp³-hybridized carbons (Fsp3) is 0.154. The predicted octanol–water partition coefficient (Wildman–Crippen LogP) is 2.76. The third-order valence-electron chi connectivity index (χ3n) is 2.45. The summed E-state index contributed by atoms with van der Waals surface area (Å²) in [7, 11) is 0. The van der Waals surface area contributed by atoms with Crippen molar-refractivity contribution in [3.05, 3.63) is 57.8 Å². The number of amides is 1. The fourth-order valence-corrected chi connectivity index (χ4v) is 1.85. The van der Waals surface area contributed by atoms with E-state index < -0.39 is 0 Å². The van der Waals surface area contributed by atoms with E-state index in [2.05, 4.69) is 15.5 Å². The molecule has 1 amide bonds. The molecule has 0 saturated carbocycles. The van der Waals surface area contributed by atoms with Gasteiger partial charge in [0.15, 0.2) is 10.8 Å². The highest BCUT2D eigenvalue weighted by Gasteiger charge is 2.07. The van der Waals surface area contributed by atoms with Gasteiger partial charge in [-0.25, -0.2) is 0 Å². The number of carbonyl (C=O) groups is 1. The SMILES string of the molecule is O=C(NCCc1cccc(Cl)c1)c1ccc(Cl)nn1. The Balaban J connectivity index is 1.86. The van der Waals surface area contributed by atoms with E-state index in [-0.39, 0.29) is 16.8 Å². The molecule has 2 rings (SSSR count). The van der Waals surface area contributed by atoms with E-state index in [1.54, 1.807) is 0 Å². The Kier molecular flexibility index (Phi) is 4.71. The molecule has 19 heavy (non-hydrogen) atoms. The zero-order valence-corrected chi connectivity index (χ0v) is 11.4. The Morgan fingerprint density at radius 2 is 2.00 bits per heavy atom. The summed E-state index contributed by atoms with van der Waals surface area (Å²) in [4.78, 5) is 11.7. The maximum absolute atomic E-state index is 11.7. The highest BCUT2D eigenvalue weighted by molar-refractivity contribution is 6.30. The minimum atomic E-state index is -0.272. The molecule has 0 fully saturated rings. The van der Waals surface area contributed by atoms with Crippen LogP contribution in [-0.2, 0) is 6.42 Å². The monoisotopic (exact) mass is 295 g/mol. The van der Waals surface area contributed by atoms with Crippen LogP contribution in [0.5, 0.6) is 0 Å². The summed E-state index contributed by atoms with van der Waals surface area (Å²) < 4.78 is 0. The molecule has 0 saturated heterocycles. The number of benzene rings is 1. The first-order valence-electron chi connectivity index (χ1n) is 5.67. The van der Waals surface area contributed by atoms with Gasteiger partial charge < -0.3 is 5.32 Å². The lowest BCUT2D eigenvalue weighted by atomic mass is 10.1. The Labute approximate surface area is 120 Å². The molecule has 0 bridgehead atoms. The van der Waals surface area contributed by atoms with Gasteiger partial charge in [0, 0.05) is 11.6 Å². The number of rotatable bonds is 4.